The van der Waals surface area contributed by atoms with Crippen molar-refractivity contribution in [2.45, 2.75) is 95.8 Å². The van der Waals surface area contributed by atoms with Gasteiger partial charge in [-0.3, -0.25) is 0 Å². The summed E-state index contributed by atoms with van der Waals surface area (Å²) in [6.07, 6.45) is 9.64. The van der Waals surface area contributed by atoms with Crippen molar-refractivity contribution in [2.75, 3.05) is 0 Å². The van der Waals surface area contributed by atoms with Crippen LogP contribution in [0.5, 0.6) is 0 Å². The SMILES string of the molecule is CCCCC(O)CCCCCCCC(CC)S(=O)(=O)[O-].[Na+]. The Morgan fingerprint density at radius 1 is 0.905 bits per heavy atom. The fourth-order valence-corrected chi connectivity index (χ4v) is 3.28. The predicted molar refractivity (Wildman–Crippen MR) is 81.6 cm³/mol. The van der Waals surface area contributed by atoms with Crippen molar-refractivity contribution >= 4 is 10.1 Å². The predicted octanol–water partition coefficient (Wildman–Crippen LogP) is 0.596. The quantitative estimate of drug-likeness (QED) is 0.305. The van der Waals surface area contributed by atoms with Crippen molar-refractivity contribution in [3.63, 3.8) is 0 Å². The zero-order chi connectivity index (χ0) is 15.4. The second-order valence-electron chi connectivity index (χ2n) is 5.66. The van der Waals surface area contributed by atoms with Crippen LogP contribution in [0, 0.1) is 0 Å². The van der Waals surface area contributed by atoms with Gasteiger partial charge in [0, 0.05) is 5.25 Å². The van der Waals surface area contributed by atoms with Gasteiger partial charge in [0.15, 0.2) is 0 Å². The first-order chi connectivity index (χ1) is 9.41. The first kappa shape index (κ1) is 24.1. The number of aliphatic hydroxyl groups excluding tert-OH is 1. The molecule has 0 aliphatic heterocycles. The van der Waals surface area contributed by atoms with Crippen LogP contribution in [0.15, 0.2) is 0 Å². The number of aliphatic hydroxyl groups is 1. The fraction of sp³-hybridized carbons (Fsp3) is 1.00. The minimum atomic E-state index is -4.12. The van der Waals surface area contributed by atoms with E-state index in [1.165, 1.54) is 0 Å². The van der Waals surface area contributed by atoms with Crippen molar-refractivity contribution in [3.8, 4) is 0 Å². The number of rotatable bonds is 13. The van der Waals surface area contributed by atoms with Gasteiger partial charge < -0.3 is 9.66 Å². The summed E-state index contributed by atoms with van der Waals surface area (Å²) in [6.45, 7) is 3.87. The van der Waals surface area contributed by atoms with Gasteiger partial charge in [0.25, 0.3) is 0 Å². The van der Waals surface area contributed by atoms with Crippen LogP contribution >= 0.6 is 0 Å². The smallest absolute Gasteiger partial charge is 0.748 e. The summed E-state index contributed by atoms with van der Waals surface area (Å²) in [6, 6.07) is 0. The van der Waals surface area contributed by atoms with Crippen LogP contribution in [0.3, 0.4) is 0 Å². The molecule has 4 nitrogen and oxygen atoms in total. The average Bonchev–Trinajstić information content (AvgIpc) is 2.38. The van der Waals surface area contributed by atoms with Gasteiger partial charge in [0.05, 0.1) is 16.2 Å². The third kappa shape index (κ3) is 14.2. The van der Waals surface area contributed by atoms with Crippen molar-refractivity contribution in [3.05, 3.63) is 0 Å². The molecule has 2 atom stereocenters. The van der Waals surface area contributed by atoms with E-state index in [1.807, 2.05) is 0 Å². The Morgan fingerprint density at radius 3 is 1.86 bits per heavy atom. The molecule has 0 saturated heterocycles. The van der Waals surface area contributed by atoms with Crippen molar-refractivity contribution in [1.29, 1.82) is 0 Å². The van der Waals surface area contributed by atoms with Gasteiger partial charge in [0.1, 0.15) is 0 Å². The van der Waals surface area contributed by atoms with E-state index in [0.29, 0.717) is 12.8 Å². The zero-order valence-corrected chi connectivity index (χ0v) is 16.8. The minimum absolute atomic E-state index is 0. The zero-order valence-electron chi connectivity index (χ0n) is 14.0. The van der Waals surface area contributed by atoms with Crippen LogP contribution in [0.2, 0.25) is 0 Å². The Morgan fingerprint density at radius 2 is 1.38 bits per heavy atom. The van der Waals surface area contributed by atoms with Crippen LogP contribution in [0.4, 0.5) is 0 Å². The van der Waals surface area contributed by atoms with E-state index in [9.17, 15) is 18.1 Å². The summed E-state index contributed by atoms with van der Waals surface area (Å²) in [5, 5.41) is 8.97. The molecule has 21 heavy (non-hydrogen) atoms. The van der Waals surface area contributed by atoms with Crippen LogP contribution in [0.1, 0.15) is 84.5 Å². The number of hydrogen-bond donors (Lipinski definition) is 1. The standard InChI is InChI=1S/C15H32O4S.Na/c1-3-5-11-14(16)12-9-7-6-8-10-13-15(4-2)20(17,18)19;/h14-16H,3-13H2,1-2H3,(H,17,18,19);/q;+1/p-1. The van der Waals surface area contributed by atoms with Gasteiger partial charge in [-0.15, -0.1) is 0 Å². The molecular weight excluding hydrogens is 299 g/mol. The van der Waals surface area contributed by atoms with Crippen molar-refractivity contribution in [2.24, 2.45) is 0 Å². The molecule has 0 radical (unpaired) electrons. The molecule has 0 fully saturated rings. The molecule has 2 unspecified atom stereocenters. The molecule has 0 heterocycles. The van der Waals surface area contributed by atoms with Crippen LogP contribution < -0.4 is 29.6 Å². The van der Waals surface area contributed by atoms with E-state index >= 15 is 0 Å². The Bertz CT molecular complexity index is 320. The molecule has 0 amide bonds. The molecule has 0 aromatic heterocycles. The van der Waals surface area contributed by atoms with Gasteiger partial charge >= 0.3 is 29.6 Å². The molecule has 0 bridgehead atoms. The summed E-state index contributed by atoms with van der Waals surface area (Å²) < 4.78 is 32.7. The Labute approximate surface area is 153 Å². The first-order valence-corrected chi connectivity index (χ1v) is 9.51. The molecule has 0 aromatic carbocycles. The first-order valence-electron chi connectivity index (χ1n) is 8.04. The van der Waals surface area contributed by atoms with Crippen LogP contribution in [0.25, 0.3) is 0 Å². The van der Waals surface area contributed by atoms with E-state index in [2.05, 4.69) is 6.92 Å². The van der Waals surface area contributed by atoms with E-state index in [4.69, 9.17) is 0 Å². The van der Waals surface area contributed by atoms with E-state index in [0.717, 1.165) is 57.8 Å². The van der Waals surface area contributed by atoms with E-state index in [1.54, 1.807) is 6.92 Å². The fourth-order valence-electron chi connectivity index (χ4n) is 2.42. The van der Waals surface area contributed by atoms with Crippen LogP contribution in [-0.4, -0.2) is 29.4 Å². The largest absolute Gasteiger partial charge is 1.00 e. The van der Waals surface area contributed by atoms with Gasteiger partial charge in [-0.05, 0) is 25.7 Å². The van der Waals surface area contributed by atoms with Crippen molar-refractivity contribution in [1.82, 2.24) is 0 Å². The van der Waals surface area contributed by atoms with Crippen molar-refractivity contribution < 1.29 is 47.6 Å². The minimum Gasteiger partial charge on any atom is -0.748 e. The average molecular weight is 330 g/mol. The molecule has 0 spiro atoms. The molecule has 0 aliphatic rings. The van der Waals surface area contributed by atoms with Gasteiger partial charge in [-0.25, -0.2) is 8.42 Å². The molecule has 1 N–H and O–H groups in total. The summed E-state index contributed by atoms with van der Waals surface area (Å²) in [4.78, 5) is 0. The summed E-state index contributed by atoms with van der Waals surface area (Å²) >= 11 is 0. The Kier molecular flexibility index (Phi) is 16.6. The number of hydrogen-bond acceptors (Lipinski definition) is 4. The molecule has 0 aliphatic carbocycles. The second kappa shape index (κ2) is 14.5. The summed E-state index contributed by atoms with van der Waals surface area (Å²) in [5.74, 6) is 0. The maximum absolute atomic E-state index is 10.9. The van der Waals surface area contributed by atoms with E-state index < -0.39 is 15.4 Å². The van der Waals surface area contributed by atoms with Crippen LogP contribution in [-0.2, 0) is 10.1 Å². The van der Waals surface area contributed by atoms with Gasteiger partial charge in [0.2, 0.25) is 0 Å². The third-order valence-corrected chi connectivity index (χ3v) is 5.20. The third-order valence-electron chi connectivity index (χ3n) is 3.82. The normalized spacial score (nSPS) is 14.5. The topological polar surface area (TPSA) is 77.4 Å². The molecule has 0 aromatic rings. The second-order valence-corrected chi connectivity index (χ2v) is 7.32. The molecule has 6 heteroatoms. The monoisotopic (exact) mass is 330 g/mol. The van der Waals surface area contributed by atoms with Gasteiger partial charge in [-0.1, -0.05) is 58.8 Å². The molecular formula is C15H31NaO4S. The number of unbranched alkanes of at least 4 members (excludes halogenated alkanes) is 5. The molecule has 0 saturated carbocycles. The Hall–Kier alpha value is 0.870. The maximum atomic E-state index is 10.9. The van der Waals surface area contributed by atoms with E-state index in [-0.39, 0.29) is 35.7 Å². The summed E-state index contributed by atoms with van der Waals surface area (Å²) in [7, 11) is -4.12. The van der Waals surface area contributed by atoms with Gasteiger partial charge in [-0.2, -0.15) is 0 Å². The maximum Gasteiger partial charge on any atom is 1.00 e. The Balaban J connectivity index is 0. The molecule has 122 valence electrons. The molecule has 0 rings (SSSR count). The summed E-state index contributed by atoms with van der Waals surface area (Å²) in [5.41, 5.74) is 0.